The Hall–Kier alpha value is -3.94. The number of aromatic nitrogens is 3. The van der Waals surface area contributed by atoms with Gasteiger partial charge in [-0.25, -0.2) is 8.78 Å². The topological polar surface area (TPSA) is 90.2 Å². The van der Waals surface area contributed by atoms with Gasteiger partial charge in [0.1, 0.15) is 29.8 Å². The maximum absolute atomic E-state index is 16.5. The standard InChI is InChI=1S/C30H29F2N7O/c31-21-14-30(8-3-11-39(30)17-21)18-40-29-36-27-23(28(37-29)38-12-9-34-10-13-38)16-35-26(25(27)32)22-7-2-5-19-4-1-6-20(15-33)24(19)22/h1-2,4-7,16,21,34H,3,8-14,17-18H2/t21-,30+/m1/s1. The van der Waals surface area contributed by atoms with Gasteiger partial charge in [0.2, 0.25) is 0 Å². The fourth-order valence-corrected chi connectivity index (χ4v) is 6.67. The second kappa shape index (κ2) is 9.91. The number of benzene rings is 2. The number of pyridine rings is 1. The molecular formula is C30H29F2N7O. The van der Waals surface area contributed by atoms with E-state index in [0.717, 1.165) is 37.9 Å². The average Bonchev–Trinajstić information content (AvgIpc) is 3.51. The SMILES string of the molecule is N#Cc1cccc2cccc(-c3ncc4c(N5CCNCC5)nc(OC[C@@]56CCCN5C[C@H](F)C6)nc4c3F)c12. The van der Waals surface area contributed by atoms with Gasteiger partial charge in [0.25, 0.3) is 0 Å². The first-order valence-corrected chi connectivity index (χ1v) is 13.8. The van der Waals surface area contributed by atoms with Crippen molar-refractivity contribution in [3.05, 3.63) is 54.0 Å². The fraction of sp³-hybridized carbons (Fsp3) is 0.400. The van der Waals surface area contributed by atoms with Gasteiger partial charge in [-0.2, -0.15) is 15.2 Å². The van der Waals surface area contributed by atoms with Crippen molar-refractivity contribution in [2.45, 2.75) is 31.0 Å². The molecule has 1 N–H and O–H groups in total. The van der Waals surface area contributed by atoms with Crippen LogP contribution in [0.2, 0.25) is 0 Å². The van der Waals surface area contributed by atoms with Crippen LogP contribution in [0.5, 0.6) is 6.01 Å². The maximum atomic E-state index is 16.5. The number of nitrogens with zero attached hydrogens (tertiary/aromatic N) is 6. The molecule has 3 aliphatic heterocycles. The van der Waals surface area contributed by atoms with Crippen LogP contribution in [0.1, 0.15) is 24.8 Å². The zero-order valence-corrected chi connectivity index (χ0v) is 22.0. The smallest absolute Gasteiger partial charge is 0.319 e. The van der Waals surface area contributed by atoms with Crippen LogP contribution in [0.3, 0.4) is 0 Å². The molecule has 0 spiro atoms. The minimum absolute atomic E-state index is 0.0799. The molecule has 3 fully saturated rings. The number of nitrogens with one attached hydrogen (secondary N) is 1. The normalized spacial score (nSPS) is 23.0. The van der Waals surface area contributed by atoms with Crippen molar-refractivity contribution in [3.63, 3.8) is 0 Å². The summed E-state index contributed by atoms with van der Waals surface area (Å²) in [6.45, 7) is 4.49. The molecular weight excluding hydrogens is 512 g/mol. The Labute approximate surface area is 230 Å². The van der Waals surface area contributed by atoms with Gasteiger partial charge >= 0.3 is 6.01 Å². The van der Waals surface area contributed by atoms with E-state index in [9.17, 15) is 9.65 Å². The molecule has 4 aromatic rings. The number of hydrogen-bond donors (Lipinski definition) is 1. The predicted molar refractivity (Wildman–Crippen MR) is 149 cm³/mol. The van der Waals surface area contributed by atoms with Crippen LogP contribution in [0.15, 0.2) is 42.6 Å². The van der Waals surface area contributed by atoms with Gasteiger partial charge in [-0.15, -0.1) is 0 Å². The average molecular weight is 542 g/mol. The highest BCUT2D eigenvalue weighted by atomic mass is 19.1. The number of anilines is 1. The van der Waals surface area contributed by atoms with E-state index < -0.39 is 12.0 Å². The van der Waals surface area contributed by atoms with Crippen molar-refractivity contribution in [1.29, 1.82) is 5.26 Å². The van der Waals surface area contributed by atoms with Crippen LogP contribution in [0, 0.1) is 17.1 Å². The van der Waals surface area contributed by atoms with E-state index in [1.807, 2.05) is 24.3 Å². The number of nitriles is 1. The van der Waals surface area contributed by atoms with Crippen LogP contribution in [0.25, 0.3) is 32.9 Å². The molecule has 2 aromatic carbocycles. The monoisotopic (exact) mass is 541 g/mol. The summed E-state index contributed by atoms with van der Waals surface area (Å²) in [4.78, 5) is 18.1. The lowest BCUT2D eigenvalue weighted by Crippen LogP contribution is -2.44. The lowest BCUT2D eigenvalue weighted by atomic mass is 9.95. The summed E-state index contributed by atoms with van der Waals surface area (Å²) < 4.78 is 37.0. The minimum atomic E-state index is -0.872. The maximum Gasteiger partial charge on any atom is 0.319 e. The molecule has 40 heavy (non-hydrogen) atoms. The van der Waals surface area contributed by atoms with Gasteiger partial charge < -0.3 is 15.0 Å². The first kappa shape index (κ1) is 25.1. The van der Waals surface area contributed by atoms with Crippen LogP contribution >= 0.6 is 0 Å². The largest absolute Gasteiger partial charge is 0.461 e. The van der Waals surface area contributed by atoms with Crippen molar-refractivity contribution in [3.8, 4) is 23.3 Å². The molecule has 0 amide bonds. The van der Waals surface area contributed by atoms with E-state index in [4.69, 9.17) is 9.72 Å². The first-order chi connectivity index (χ1) is 19.6. The summed E-state index contributed by atoms with van der Waals surface area (Å²) in [5, 5.41) is 15.1. The Morgan fingerprint density at radius 2 is 1.95 bits per heavy atom. The lowest BCUT2D eigenvalue weighted by Gasteiger charge is -2.31. The van der Waals surface area contributed by atoms with E-state index >= 15 is 4.39 Å². The molecule has 2 atom stereocenters. The molecule has 10 heteroatoms. The Kier molecular flexibility index (Phi) is 6.21. The van der Waals surface area contributed by atoms with Crippen LogP contribution in [-0.4, -0.2) is 77.4 Å². The van der Waals surface area contributed by atoms with Crippen molar-refractivity contribution < 1.29 is 13.5 Å². The molecule has 0 saturated carbocycles. The molecule has 2 aromatic heterocycles. The molecule has 3 saturated heterocycles. The van der Waals surface area contributed by atoms with Crippen LogP contribution in [-0.2, 0) is 0 Å². The highest BCUT2D eigenvalue weighted by Crippen LogP contribution is 2.41. The highest BCUT2D eigenvalue weighted by Gasteiger charge is 2.49. The second-order valence-electron chi connectivity index (χ2n) is 10.9. The number of piperazine rings is 1. The summed E-state index contributed by atoms with van der Waals surface area (Å²) in [7, 11) is 0. The van der Waals surface area contributed by atoms with E-state index in [1.165, 1.54) is 0 Å². The van der Waals surface area contributed by atoms with Crippen LogP contribution < -0.4 is 15.0 Å². The molecule has 8 nitrogen and oxygen atoms in total. The van der Waals surface area contributed by atoms with Gasteiger partial charge in [-0.3, -0.25) is 9.88 Å². The quantitative estimate of drug-likeness (QED) is 0.402. The lowest BCUT2D eigenvalue weighted by molar-refractivity contribution is 0.107. The van der Waals surface area contributed by atoms with Gasteiger partial charge in [0.05, 0.1) is 22.6 Å². The highest BCUT2D eigenvalue weighted by molar-refractivity contribution is 6.01. The zero-order valence-electron chi connectivity index (χ0n) is 22.0. The zero-order chi connectivity index (χ0) is 27.3. The number of hydrogen-bond acceptors (Lipinski definition) is 8. The molecule has 7 rings (SSSR count). The first-order valence-electron chi connectivity index (χ1n) is 13.8. The molecule has 0 aliphatic carbocycles. The number of ether oxygens (including phenoxy) is 1. The van der Waals surface area contributed by atoms with Gasteiger partial charge in [0, 0.05) is 56.3 Å². The molecule has 3 aliphatic rings. The minimum Gasteiger partial charge on any atom is -0.461 e. The summed E-state index contributed by atoms with van der Waals surface area (Å²) in [6.07, 6.45) is 3.03. The van der Waals surface area contributed by atoms with Crippen molar-refractivity contribution in [1.82, 2.24) is 25.2 Å². The fourth-order valence-electron chi connectivity index (χ4n) is 6.67. The third-order valence-corrected chi connectivity index (χ3v) is 8.57. The van der Waals surface area contributed by atoms with E-state index in [1.54, 1.807) is 18.3 Å². The molecule has 204 valence electrons. The predicted octanol–water partition coefficient (Wildman–Crippen LogP) is 4.22. The molecule has 0 unspecified atom stereocenters. The summed E-state index contributed by atoms with van der Waals surface area (Å²) in [6, 6.07) is 13.2. The number of fused-ring (bicyclic) bond motifs is 3. The van der Waals surface area contributed by atoms with Gasteiger partial charge in [-0.1, -0.05) is 30.3 Å². The summed E-state index contributed by atoms with van der Waals surface area (Å²) in [5.74, 6) is -0.0163. The molecule has 0 bridgehead atoms. The Morgan fingerprint density at radius 1 is 1.12 bits per heavy atom. The Balaban J connectivity index is 1.35. The number of rotatable bonds is 5. The van der Waals surface area contributed by atoms with Crippen molar-refractivity contribution >= 4 is 27.5 Å². The Morgan fingerprint density at radius 3 is 2.77 bits per heavy atom. The van der Waals surface area contributed by atoms with E-state index in [2.05, 4.69) is 31.2 Å². The number of halogens is 2. The van der Waals surface area contributed by atoms with Crippen molar-refractivity contribution in [2.75, 3.05) is 50.8 Å². The van der Waals surface area contributed by atoms with Gasteiger partial charge in [0.15, 0.2) is 5.82 Å². The van der Waals surface area contributed by atoms with E-state index in [0.29, 0.717) is 53.8 Å². The van der Waals surface area contributed by atoms with Gasteiger partial charge in [-0.05, 0) is 30.8 Å². The molecule has 0 radical (unpaired) electrons. The summed E-state index contributed by atoms with van der Waals surface area (Å²) in [5.41, 5.74) is 0.842. The third kappa shape index (κ3) is 4.12. The molecule has 5 heterocycles. The third-order valence-electron chi connectivity index (χ3n) is 8.57. The van der Waals surface area contributed by atoms with E-state index in [-0.39, 0.29) is 29.4 Å². The van der Waals surface area contributed by atoms with Crippen molar-refractivity contribution in [2.24, 2.45) is 0 Å². The second-order valence-corrected chi connectivity index (χ2v) is 10.9. The number of alkyl halides is 1. The van der Waals surface area contributed by atoms with Crippen LogP contribution in [0.4, 0.5) is 14.6 Å². The Bertz CT molecular complexity index is 1650. The summed E-state index contributed by atoms with van der Waals surface area (Å²) >= 11 is 0.